The number of nitrogens with one attached hydrogen (secondary N) is 1. The predicted octanol–water partition coefficient (Wildman–Crippen LogP) is 2.93. The Hall–Kier alpha value is -1.26. The molecule has 4 nitrogen and oxygen atoms in total. The molecular weight excluding hydrogens is 278 g/mol. The number of ether oxygens (including phenoxy) is 1. The molecule has 20 heavy (non-hydrogen) atoms. The Morgan fingerprint density at radius 2 is 2.10 bits per heavy atom. The van der Waals surface area contributed by atoms with Gasteiger partial charge in [0.05, 0.1) is 6.10 Å². The van der Waals surface area contributed by atoms with E-state index in [2.05, 4.69) is 19.2 Å². The van der Waals surface area contributed by atoms with Crippen LogP contribution in [0.4, 0.5) is 0 Å². The summed E-state index contributed by atoms with van der Waals surface area (Å²) >= 11 is 5.88. The van der Waals surface area contributed by atoms with E-state index in [9.17, 15) is 9.90 Å². The molecule has 0 bridgehead atoms. The first-order valence-electron chi connectivity index (χ1n) is 6.77. The first-order chi connectivity index (χ1) is 9.40. The number of aliphatic hydroxyl groups is 1. The first-order valence-corrected chi connectivity index (χ1v) is 7.15. The molecule has 1 rings (SSSR count). The molecule has 1 aromatic carbocycles. The fraction of sp³-hybridized carbons (Fsp3) is 0.533. The van der Waals surface area contributed by atoms with E-state index >= 15 is 0 Å². The van der Waals surface area contributed by atoms with Crippen molar-refractivity contribution >= 4 is 17.5 Å². The van der Waals surface area contributed by atoms with Gasteiger partial charge in [-0.1, -0.05) is 25.4 Å². The Bertz CT molecular complexity index is 447. The summed E-state index contributed by atoms with van der Waals surface area (Å²) in [7, 11) is 0. The summed E-state index contributed by atoms with van der Waals surface area (Å²) in [5.41, 5.74) is 0.576. The van der Waals surface area contributed by atoms with Gasteiger partial charge >= 0.3 is 0 Å². The van der Waals surface area contributed by atoms with Crippen LogP contribution in [0.2, 0.25) is 5.02 Å². The van der Waals surface area contributed by atoms with Gasteiger partial charge in [-0.05, 0) is 37.5 Å². The predicted molar refractivity (Wildman–Crippen MR) is 80.0 cm³/mol. The number of carbonyl (C=O) groups is 1. The van der Waals surface area contributed by atoms with Gasteiger partial charge in [0, 0.05) is 17.1 Å². The van der Waals surface area contributed by atoms with Crippen LogP contribution in [0, 0.1) is 5.92 Å². The van der Waals surface area contributed by atoms with E-state index in [4.69, 9.17) is 16.3 Å². The lowest BCUT2D eigenvalue weighted by Crippen LogP contribution is -2.30. The van der Waals surface area contributed by atoms with Gasteiger partial charge in [-0.3, -0.25) is 4.79 Å². The maximum Gasteiger partial charge on any atom is 0.257 e. The largest absolute Gasteiger partial charge is 0.483 e. The van der Waals surface area contributed by atoms with E-state index in [1.54, 1.807) is 25.1 Å². The van der Waals surface area contributed by atoms with Gasteiger partial charge in [0.25, 0.3) is 5.91 Å². The van der Waals surface area contributed by atoms with Gasteiger partial charge in [0.15, 0.2) is 6.61 Å². The van der Waals surface area contributed by atoms with Crippen molar-refractivity contribution < 1.29 is 14.6 Å². The Labute approximate surface area is 125 Å². The molecule has 0 aromatic heterocycles. The van der Waals surface area contributed by atoms with Gasteiger partial charge in [0.1, 0.15) is 5.75 Å². The van der Waals surface area contributed by atoms with E-state index in [0.717, 1.165) is 6.42 Å². The molecule has 0 saturated heterocycles. The minimum absolute atomic E-state index is 0.0700. The fourth-order valence-electron chi connectivity index (χ4n) is 1.67. The van der Waals surface area contributed by atoms with Crippen LogP contribution < -0.4 is 10.1 Å². The Morgan fingerprint density at radius 1 is 1.40 bits per heavy atom. The van der Waals surface area contributed by atoms with Crippen LogP contribution in [0.25, 0.3) is 0 Å². The smallest absolute Gasteiger partial charge is 0.257 e. The molecule has 2 N–H and O–H groups in total. The molecule has 0 fully saturated rings. The number of amides is 1. The molecule has 0 heterocycles. The third-order valence-corrected chi connectivity index (χ3v) is 3.06. The highest BCUT2D eigenvalue weighted by molar-refractivity contribution is 6.30. The van der Waals surface area contributed by atoms with Crippen molar-refractivity contribution in [1.82, 2.24) is 5.32 Å². The van der Waals surface area contributed by atoms with Crippen LogP contribution in [-0.4, -0.2) is 24.2 Å². The Kier molecular flexibility index (Phi) is 6.82. The van der Waals surface area contributed by atoms with Gasteiger partial charge in [-0.25, -0.2) is 0 Å². The standard InChI is InChI=1S/C15H22ClNO3/c1-10(2)6-7-17-15(19)9-20-14-5-4-12(16)8-13(14)11(3)18/h4-5,8,10-11,18H,6-7,9H2,1-3H3,(H,17,19)/t11-/m1/s1. The van der Waals surface area contributed by atoms with Crippen LogP contribution in [-0.2, 0) is 4.79 Å². The highest BCUT2D eigenvalue weighted by atomic mass is 35.5. The van der Waals surface area contributed by atoms with Gasteiger partial charge < -0.3 is 15.2 Å². The second kappa shape index (κ2) is 8.12. The average Bonchev–Trinajstić information content (AvgIpc) is 2.36. The van der Waals surface area contributed by atoms with E-state index in [0.29, 0.717) is 28.8 Å². The molecule has 1 atom stereocenters. The third-order valence-electron chi connectivity index (χ3n) is 2.82. The molecule has 0 spiro atoms. The number of aliphatic hydroxyl groups excluding tert-OH is 1. The number of halogens is 1. The quantitative estimate of drug-likeness (QED) is 0.814. The van der Waals surface area contributed by atoms with Gasteiger partial charge in [0.2, 0.25) is 0 Å². The van der Waals surface area contributed by atoms with Crippen molar-refractivity contribution in [3.05, 3.63) is 28.8 Å². The minimum atomic E-state index is -0.701. The lowest BCUT2D eigenvalue weighted by Gasteiger charge is -2.14. The Morgan fingerprint density at radius 3 is 2.70 bits per heavy atom. The molecule has 1 amide bonds. The van der Waals surface area contributed by atoms with Gasteiger partial charge in [-0.15, -0.1) is 0 Å². The number of hydrogen-bond acceptors (Lipinski definition) is 3. The fourth-order valence-corrected chi connectivity index (χ4v) is 1.85. The van der Waals surface area contributed by atoms with Crippen molar-refractivity contribution in [1.29, 1.82) is 0 Å². The third kappa shape index (κ3) is 5.80. The number of benzene rings is 1. The van der Waals surface area contributed by atoms with Gasteiger partial charge in [-0.2, -0.15) is 0 Å². The molecular formula is C15H22ClNO3. The topological polar surface area (TPSA) is 58.6 Å². The summed E-state index contributed by atoms with van der Waals surface area (Å²) in [4.78, 5) is 11.6. The normalized spacial score (nSPS) is 12.3. The second-order valence-electron chi connectivity index (χ2n) is 5.18. The van der Waals surface area contributed by atoms with Crippen molar-refractivity contribution in [2.75, 3.05) is 13.2 Å². The molecule has 0 saturated carbocycles. The van der Waals surface area contributed by atoms with Crippen LogP contribution in [0.5, 0.6) is 5.75 Å². The zero-order chi connectivity index (χ0) is 15.1. The van der Waals surface area contributed by atoms with E-state index in [-0.39, 0.29) is 12.5 Å². The molecule has 0 unspecified atom stereocenters. The van der Waals surface area contributed by atoms with Crippen molar-refractivity contribution in [3.63, 3.8) is 0 Å². The average molecular weight is 300 g/mol. The monoisotopic (exact) mass is 299 g/mol. The maximum atomic E-state index is 11.6. The summed E-state index contributed by atoms with van der Waals surface area (Å²) in [6.45, 7) is 6.40. The summed E-state index contributed by atoms with van der Waals surface area (Å²) in [5.74, 6) is 0.856. The van der Waals surface area contributed by atoms with E-state index < -0.39 is 6.10 Å². The number of carbonyl (C=O) groups excluding carboxylic acids is 1. The van der Waals surface area contributed by atoms with Crippen LogP contribution in [0.1, 0.15) is 38.9 Å². The molecule has 0 aliphatic carbocycles. The van der Waals surface area contributed by atoms with Crippen LogP contribution in [0.15, 0.2) is 18.2 Å². The lowest BCUT2D eigenvalue weighted by molar-refractivity contribution is -0.123. The van der Waals surface area contributed by atoms with Crippen LogP contribution in [0.3, 0.4) is 0 Å². The minimum Gasteiger partial charge on any atom is -0.483 e. The molecule has 5 heteroatoms. The summed E-state index contributed by atoms with van der Waals surface area (Å²) in [6.07, 6.45) is 0.235. The highest BCUT2D eigenvalue weighted by Gasteiger charge is 2.11. The van der Waals surface area contributed by atoms with Crippen molar-refractivity contribution in [2.24, 2.45) is 5.92 Å². The summed E-state index contributed by atoms with van der Waals surface area (Å²) in [5, 5.41) is 13.0. The summed E-state index contributed by atoms with van der Waals surface area (Å²) < 4.78 is 5.44. The first kappa shape index (κ1) is 16.8. The van der Waals surface area contributed by atoms with E-state index in [1.165, 1.54) is 0 Å². The molecule has 0 aliphatic heterocycles. The number of hydrogen-bond donors (Lipinski definition) is 2. The number of rotatable bonds is 7. The second-order valence-corrected chi connectivity index (χ2v) is 5.62. The molecule has 1 aromatic rings. The zero-order valence-corrected chi connectivity index (χ0v) is 12.9. The molecule has 0 aliphatic rings. The van der Waals surface area contributed by atoms with Crippen molar-refractivity contribution in [2.45, 2.75) is 33.3 Å². The molecule has 0 radical (unpaired) electrons. The maximum absolute atomic E-state index is 11.6. The van der Waals surface area contributed by atoms with E-state index in [1.807, 2.05) is 0 Å². The lowest BCUT2D eigenvalue weighted by atomic mass is 10.1. The van der Waals surface area contributed by atoms with Crippen molar-refractivity contribution in [3.8, 4) is 5.75 Å². The zero-order valence-electron chi connectivity index (χ0n) is 12.1. The molecule has 112 valence electrons. The Balaban J connectivity index is 2.51. The van der Waals surface area contributed by atoms with Crippen LogP contribution >= 0.6 is 11.6 Å². The highest BCUT2D eigenvalue weighted by Crippen LogP contribution is 2.28. The summed E-state index contributed by atoms with van der Waals surface area (Å²) in [6, 6.07) is 4.96. The SMILES string of the molecule is CC(C)CCNC(=O)COc1ccc(Cl)cc1[C@@H](C)O.